The molecule has 4 heteroatoms. The van der Waals surface area contributed by atoms with E-state index in [0.29, 0.717) is 6.04 Å². The first kappa shape index (κ1) is 16.2. The number of para-hydroxylation sites is 1. The fraction of sp³-hybridized carbons (Fsp3) is 0.700. The lowest BCUT2D eigenvalue weighted by Gasteiger charge is -2.36. The zero-order valence-electron chi connectivity index (χ0n) is 14.6. The van der Waals surface area contributed by atoms with E-state index in [0.717, 1.165) is 43.7 Å². The van der Waals surface area contributed by atoms with E-state index in [1.165, 1.54) is 57.2 Å². The summed E-state index contributed by atoms with van der Waals surface area (Å²) in [6.45, 7) is 4.90. The number of benzene rings is 1. The second kappa shape index (κ2) is 7.75. The third kappa shape index (κ3) is 3.70. The van der Waals surface area contributed by atoms with Gasteiger partial charge in [0, 0.05) is 30.6 Å². The number of hydrogen-bond acceptors (Lipinski definition) is 4. The van der Waals surface area contributed by atoms with E-state index >= 15 is 0 Å². The number of nitrogens with one attached hydrogen (secondary N) is 1. The topological polar surface area (TPSA) is 33.7 Å². The molecular weight excluding hydrogens is 300 g/mol. The van der Waals surface area contributed by atoms with Crippen molar-refractivity contribution in [2.24, 2.45) is 0 Å². The lowest BCUT2D eigenvalue weighted by molar-refractivity contribution is 0.144. The van der Waals surface area contributed by atoms with Crippen molar-refractivity contribution in [3.8, 4) is 11.5 Å². The number of nitrogens with zero attached hydrogens (tertiary/aromatic N) is 1. The van der Waals surface area contributed by atoms with Gasteiger partial charge in [-0.1, -0.05) is 25.0 Å². The molecule has 0 atom stereocenters. The number of fused-ring (bicyclic) bond motifs is 1. The molecule has 0 radical (unpaired) electrons. The van der Waals surface area contributed by atoms with Crippen molar-refractivity contribution in [1.82, 2.24) is 10.2 Å². The lowest BCUT2D eigenvalue weighted by atomic mass is 10.0. The van der Waals surface area contributed by atoms with E-state index in [1.807, 2.05) is 6.07 Å². The third-order valence-corrected chi connectivity index (χ3v) is 5.80. The molecule has 24 heavy (non-hydrogen) atoms. The minimum atomic E-state index is 0.630. The molecule has 1 N–H and O–H groups in total. The van der Waals surface area contributed by atoms with Crippen LogP contribution >= 0.6 is 0 Å². The standard InChI is InChI=1S/C20H30N2O2/c1-2-7-18(6-1)22-11-9-17(10-12-22)21-15-16-5-3-8-19-20(16)24-14-4-13-23-19/h3,5,8,17-18,21H,1-2,4,6-7,9-15H2. The lowest BCUT2D eigenvalue weighted by Crippen LogP contribution is -2.45. The van der Waals surface area contributed by atoms with Crippen LogP contribution < -0.4 is 14.8 Å². The third-order valence-electron chi connectivity index (χ3n) is 5.80. The normalized spacial score (nSPS) is 23.3. The molecule has 1 aromatic rings. The summed E-state index contributed by atoms with van der Waals surface area (Å²) in [6.07, 6.45) is 9.21. The Kier molecular flexibility index (Phi) is 5.24. The van der Waals surface area contributed by atoms with Crippen molar-refractivity contribution in [1.29, 1.82) is 0 Å². The second-order valence-electron chi connectivity index (χ2n) is 7.42. The molecule has 0 aromatic heterocycles. The van der Waals surface area contributed by atoms with Crippen molar-refractivity contribution >= 4 is 0 Å². The number of ether oxygens (including phenoxy) is 2. The van der Waals surface area contributed by atoms with Crippen molar-refractivity contribution in [2.45, 2.75) is 63.6 Å². The van der Waals surface area contributed by atoms with Gasteiger partial charge in [0.15, 0.2) is 11.5 Å². The Labute approximate surface area is 145 Å². The predicted molar refractivity (Wildman–Crippen MR) is 95.7 cm³/mol. The Morgan fingerprint density at radius 2 is 1.75 bits per heavy atom. The van der Waals surface area contributed by atoms with Crippen LogP contribution in [-0.4, -0.2) is 43.3 Å². The first-order valence-electron chi connectivity index (χ1n) is 9.75. The number of rotatable bonds is 4. The van der Waals surface area contributed by atoms with Crippen molar-refractivity contribution in [3.63, 3.8) is 0 Å². The van der Waals surface area contributed by atoms with Gasteiger partial charge in [0.05, 0.1) is 13.2 Å². The van der Waals surface area contributed by atoms with Crippen LogP contribution in [0.3, 0.4) is 0 Å². The highest BCUT2D eigenvalue weighted by Gasteiger charge is 2.27. The summed E-state index contributed by atoms with van der Waals surface area (Å²) >= 11 is 0. The number of hydrogen-bond donors (Lipinski definition) is 1. The Bertz CT molecular complexity index is 534. The second-order valence-corrected chi connectivity index (χ2v) is 7.42. The molecule has 1 saturated carbocycles. The molecule has 1 aromatic carbocycles. The van der Waals surface area contributed by atoms with Gasteiger partial charge in [-0.2, -0.15) is 0 Å². The van der Waals surface area contributed by atoms with Crippen LogP contribution in [0.25, 0.3) is 0 Å². The van der Waals surface area contributed by atoms with Gasteiger partial charge in [-0.15, -0.1) is 0 Å². The highest BCUT2D eigenvalue weighted by Crippen LogP contribution is 2.33. The van der Waals surface area contributed by atoms with Crippen LogP contribution in [0.4, 0.5) is 0 Å². The quantitative estimate of drug-likeness (QED) is 0.918. The summed E-state index contributed by atoms with van der Waals surface area (Å²) in [5.74, 6) is 1.86. The molecule has 0 bridgehead atoms. The summed E-state index contributed by atoms with van der Waals surface area (Å²) in [5.41, 5.74) is 1.23. The summed E-state index contributed by atoms with van der Waals surface area (Å²) < 4.78 is 11.7. The van der Waals surface area contributed by atoms with E-state index in [2.05, 4.69) is 22.3 Å². The van der Waals surface area contributed by atoms with Crippen LogP contribution in [0.5, 0.6) is 11.5 Å². The number of piperidine rings is 1. The minimum Gasteiger partial charge on any atom is -0.490 e. The Morgan fingerprint density at radius 3 is 2.58 bits per heavy atom. The summed E-state index contributed by atoms with van der Waals surface area (Å²) in [5, 5.41) is 3.76. The molecule has 1 aliphatic carbocycles. The Hall–Kier alpha value is -1.26. The SMILES string of the molecule is c1cc(CNC2CCN(C3CCCC3)CC2)c2c(c1)OCCCO2. The predicted octanol–water partition coefficient (Wildman–Crippen LogP) is 3.34. The zero-order chi connectivity index (χ0) is 16.2. The average molecular weight is 330 g/mol. The molecule has 2 fully saturated rings. The maximum absolute atomic E-state index is 5.93. The fourth-order valence-electron chi connectivity index (χ4n) is 4.39. The van der Waals surface area contributed by atoms with E-state index in [9.17, 15) is 0 Å². The van der Waals surface area contributed by atoms with E-state index in [1.54, 1.807) is 0 Å². The molecule has 0 spiro atoms. The molecule has 0 amide bonds. The monoisotopic (exact) mass is 330 g/mol. The van der Waals surface area contributed by atoms with Crippen LogP contribution in [-0.2, 0) is 6.54 Å². The largest absolute Gasteiger partial charge is 0.490 e. The molecule has 3 aliphatic rings. The van der Waals surface area contributed by atoms with Gasteiger partial charge in [0.2, 0.25) is 0 Å². The summed E-state index contributed by atoms with van der Waals surface area (Å²) in [4.78, 5) is 2.73. The highest BCUT2D eigenvalue weighted by molar-refractivity contribution is 5.47. The Balaban J connectivity index is 1.30. The van der Waals surface area contributed by atoms with E-state index in [-0.39, 0.29) is 0 Å². The van der Waals surface area contributed by atoms with Gasteiger partial charge in [0.25, 0.3) is 0 Å². The van der Waals surface area contributed by atoms with E-state index in [4.69, 9.17) is 9.47 Å². The van der Waals surface area contributed by atoms with Gasteiger partial charge >= 0.3 is 0 Å². The molecule has 132 valence electrons. The maximum Gasteiger partial charge on any atom is 0.165 e. The molecule has 2 aliphatic heterocycles. The van der Waals surface area contributed by atoms with E-state index < -0.39 is 0 Å². The van der Waals surface area contributed by atoms with Crippen molar-refractivity contribution < 1.29 is 9.47 Å². The minimum absolute atomic E-state index is 0.630. The first-order valence-corrected chi connectivity index (χ1v) is 9.75. The highest BCUT2D eigenvalue weighted by atomic mass is 16.5. The first-order chi connectivity index (χ1) is 11.9. The van der Waals surface area contributed by atoms with Gasteiger partial charge in [-0.25, -0.2) is 0 Å². The van der Waals surface area contributed by atoms with Crippen molar-refractivity contribution in [2.75, 3.05) is 26.3 Å². The zero-order valence-corrected chi connectivity index (χ0v) is 14.6. The van der Waals surface area contributed by atoms with Gasteiger partial charge in [0.1, 0.15) is 0 Å². The van der Waals surface area contributed by atoms with Crippen LogP contribution in [0.1, 0.15) is 50.5 Å². The average Bonchev–Trinajstić information content (AvgIpc) is 3.05. The van der Waals surface area contributed by atoms with Gasteiger partial charge in [-0.05, 0) is 44.8 Å². The summed E-state index contributed by atoms with van der Waals surface area (Å²) in [6, 6.07) is 7.76. The molecule has 4 nitrogen and oxygen atoms in total. The molecule has 1 saturated heterocycles. The van der Waals surface area contributed by atoms with Gasteiger partial charge < -0.3 is 19.7 Å². The number of likely N-dealkylation sites (tertiary alicyclic amines) is 1. The molecular formula is C20H30N2O2. The maximum atomic E-state index is 5.93. The van der Waals surface area contributed by atoms with Crippen molar-refractivity contribution in [3.05, 3.63) is 23.8 Å². The smallest absolute Gasteiger partial charge is 0.165 e. The molecule has 2 heterocycles. The Morgan fingerprint density at radius 1 is 0.958 bits per heavy atom. The molecule has 0 unspecified atom stereocenters. The van der Waals surface area contributed by atoms with Crippen LogP contribution in [0.2, 0.25) is 0 Å². The van der Waals surface area contributed by atoms with Crippen LogP contribution in [0, 0.1) is 0 Å². The fourth-order valence-corrected chi connectivity index (χ4v) is 4.39. The molecule has 4 rings (SSSR count). The summed E-state index contributed by atoms with van der Waals surface area (Å²) in [7, 11) is 0. The van der Waals surface area contributed by atoms with Gasteiger partial charge in [-0.3, -0.25) is 0 Å². The van der Waals surface area contributed by atoms with Crippen LogP contribution in [0.15, 0.2) is 18.2 Å².